The first-order valence-electron chi connectivity index (χ1n) is 5.79. The second kappa shape index (κ2) is 5.43. The molecule has 0 spiro atoms. The Morgan fingerprint density at radius 1 is 1.61 bits per heavy atom. The Balaban J connectivity index is 2.09. The highest BCUT2D eigenvalue weighted by Crippen LogP contribution is 2.22. The smallest absolute Gasteiger partial charge is 0.217 e. The van der Waals surface area contributed by atoms with Crippen molar-refractivity contribution in [2.75, 3.05) is 30.0 Å². The van der Waals surface area contributed by atoms with Gasteiger partial charge in [0.2, 0.25) is 5.91 Å². The van der Waals surface area contributed by atoms with Crippen LogP contribution in [0.3, 0.4) is 0 Å². The SMILES string of the molecule is CSc1nc(N)cc(N2CCC(NC(C)=O)C2)n1. The van der Waals surface area contributed by atoms with Gasteiger partial charge in [0.15, 0.2) is 5.16 Å². The van der Waals surface area contributed by atoms with Crippen molar-refractivity contribution in [2.24, 2.45) is 0 Å². The van der Waals surface area contributed by atoms with Gasteiger partial charge >= 0.3 is 0 Å². The van der Waals surface area contributed by atoms with Crippen LogP contribution in [0.1, 0.15) is 13.3 Å². The molecule has 1 aliphatic rings. The zero-order chi connectivity index (χ0) is 13.1. The van der Waals surface area contributed by atoms with Gasteiger partial charge in [-0.3, -0.25) is 4.79 Å². The van der Waals surface area contributed by atoms with Crippen molar-refractivity contribution >= 4 is 29.3 Å². The maximum atomic E-state index is 11.0. The summed E-state index contributed by atoms with van der Waals surface area (Å²) >= 11 is 1.47. The molecule has 1 aliphatic heterocycles. The zero-order valence-corrected chi connectivity index (χ0v) is 11.3. The van der Waals surface area contributed by atoms with Gasteiger partial charge < -0.3 is 16.0 Å². The number of nitrogens with zero attached hydrogens (tertiary/aromatic N) is 3. The molecule has 1 amide bonds. The molecule has 1 aromatic rings. The molecule has 1 unspecified atom stereocenters. The van der Waals surface area contributed by atoms with Gasteiger partial charge in [-0.25, -0.2) is 9.97 Å². The Labute approximate surface area is 110 Å². The van der Waals surface area contributed by atoms with Crippen LogP contribution < -0.4 is 16.0 Å². The average Bonchev–Trinajstić information content (AvgIpc) is 2.75. The molecule has 3 N–H and O–H groups in total. The van der Waals surface area contributed by atoms with Crippen LogP contribution in [0, 0.1) is 0 Å². The predicted molar refractivity (Wildman–Crippen MR) is 72.7 cm³/mol. The van der Waals surface area contributed by atoms with Crippen molar-refractivity contribution in [3.8, 4) is 0 Å². The first-order chi connectivity index (χ1) is 8.58. The van der Waals surface area contributed by atoms with Gasteiger partial charge in [0.25, 0.3) is 0 Å². The molecule has 0 radical (unpaired) electrons. The van der Waals surface area contributed by atoms with Crippen LogP contribution in [-0.2, 0) is 4.79 Å². The van der Waals surface area contributed by atoms with E-state index in [1.165, 1.54) is 18.7 Å². The Kier molecular flexibility index (Phi) is 3.90. The van der Waals surface area contributed by atoms with Gasteiger partial charge in [0, 0.05) is 32.1 Å². The second-order valence-corrected chi connectivity index (χ2v) is 5.04. The summed E-state index contributed by atoms with van der Waals surface area (Å²) in [5.74, 6) is 1.32. The topological polar surface area (TPSA) is 84.1 Å². The van der Waals surface area contributed by atoms with Crippen LogP contribution in [0.15, 0.2) is 11.2 Å². The predicted octanol–water partition coefficient (Wildman–Crippen LogP) is 0.495. The Morgan fingerprint density at radius 3 is 3.06 bits per heavy atom. The van der Waals surface area contributed by atoms with Crippen molar-refractivity contribution in [1.82, 2.24) is 15.3 Å². The monoisotopic (exact) mass is 267 g/mol. The first kappa shape index (κ1) is 12.9. The van der Waals surface area contributed by atoms with Gasteiger partial charge in [-0.15, -0.1) is 0 Å². The maximum absolute atomic E-state index is 11.0. The second-order valence-electron chi connectivity index (χ2n) is 4.27. The van der Waals surface area contributed by atoms with E-state index in [1.807, 2.05) is 6.26 Å². The van der Waals surface area contributed by atoms with Crippen LogP contribution >= 0.6 is 11.8 Å². The fourth-order valence-corrected chi connectivity index (χ4v) is 2.44. The number of nitrogens with two attached hydrogens (primary N) is 1. The molecule has 1 atom stereocenters. The normalized spacial score (nSPS) is 19.0. The van der Waals surface area contributed by atoms with Gasteiger partial charge in [-0.05, 0) is 12.7 Å². The maximum Gasteiger partial charge on any atom is 0.217 e. The molecule has 6 nitrogen and oxygen atoms in total. The lowest BCUT2D eigenvalue weighted by Crippen LogP contribution is -2.35. The van der Waals surface area contributed by atoms with Crippen LogP contribution in [0.5, 0.6) is 0 Å². The lowest BCUT2D eigenvalue weighted by molar-refractivity contribution is -0.119. The molecule has 2 rings (SSSR count). The average molecular weight is 267 g/mol. The minimum Gasteiger partial charge on any atom is -0.383 e. The van der Waals surface area contributed by atoms with Crippen molar-refractivity contribution in [3.05, 3.63) is 6.07 Å². The number of hydrogen-bond donors (Lipinski definition) is 2. The molecule has 0 bridgehead atoms. The quantitative estimate of drug-likeness (QED) is 0.613. The van der Waals surface area contributed by atoms with E-state index in [4.69, 9.17) is 5.73 Å². The fraction of sp³-hybridized carbons (Fsp3) is 0.545. The number of hydrogen-bond acceptors (Lipinski definition) is 6. The summed E-state index contributed by atoms with van der Waals surface area (Å²) in [6, 6.07) is 1.96. The number of carbonyl (C=O) groups excluding carboxylic acids is 1. The molecule has 1 fully saturated rings. The van der Waals surface area contributed by atoms with Crippen molar-refractivity contribution in [3.63, 3.8) is 0 Å². The number of thioether (sulfide) groups is 1. The Hall–Kier alpha value is -1.50. The van der Waals surface area contributed by atoms with E-state index in [1.54, 1.807) is 6.07 Å². The molecule has 98 valence electrons. The molecule has 18 heavy (non-hydrogen) atoms. The van der Waals surface area contributed by atoms with Crippen molar-refractivity contribution in [1.29, 1.82) is 0 Å². The van der Waals surface area contributed by atoms with E-state index in [-0.39, 0.29) is 11.9 Å². The van der Waals surface area contributed by atoms with E-state index in [2.05, 4.69) is 20.2 Å². The number of anilines is 2. The summed E-state index contributed by atoms with van der Waals surface area (Å²) in [7, 11) is 0. The molecular formula is C11H17N5OS. The summed E-state index contributed by atoms with van der Waals surface area (Å²) < 4.78 is 0. The van der Waals surface area contributed by atoms with E-state index in [0.717, 1.165) is 25.3 Å². The summed E-state index contributed by atoms with van der Waals surface area (Å²) in [6.07, 6.45) is 2.85. The number of amides is 1. The summed E-state index contributed by atoms with van der Waals surface area (Å²) in [4.78, 5) is 21.7. The van der Waals surface area contributed by atoms with Crippen molar-refractivity contribution < 1.29 is 4.79 Å². The van der Waals surface area contributed by atoms with Crippen LogP contribution in [-0.4, -0.2) is 41.3 Å². The molecule has 0 aromatic carbocycles. The summed E-state index contributed by atoms with van der Waals surface area (Å²) in [5, 5.41) is 3.60. The van der Waals surface area contributed by atoms with Gasteiger partial charge in [-0.1, -0.05) is 11.8 Å². The molecular weight excluding hydrogens is 250 g/mol. The minimum atomic E-state index is 0.00820. The number of nitrogen functional groups attached to an aromatic ring is 1. The highest BCUT2D eigenvalue weighted by Gasteiger charge is 2.24. The first-order valence-corrected chi connectivity index (χ1v) is 7.01. The Bertz CT molecular complexity index is 453. The number of carbonyl (C=O) groups is 1. The number of rotatable bonds is 3. The van der Waals surface area contributed by atoms with E-state index >= 15 is 0 Å². The lowest BCUT2D eigenvalue weighted by Gasteiger charge is -2.18. The Morgan fingerprint density at radius 2 is 2.39 bits per heavy atom. The lowest BCUT2D eigenvalue weighted by atomic mass is 10.3. The van der Waals surface area contributed by atoms with E-state index in [9.17, 15) is 4.79 Å². The third-order valence-electron chi connectivity index (χ3n) is 2.81. The molecule has 0 aliphatic carbocycles. The molecule has 0 saturated carbocycles. The standard InChI is InChI=1S/C11H17N5OS/c1-7(17)13-8-3-4-16(6-8)10-5-9(12)14-11(15-10)18-2/h5,8H,3-4,6H2,1-2H3,(H,13,17)(H2,12,14,15). The highest BCUT2D eigenvalue weighted by atomic mass is 32.2. The molecule has 1 saturated heterocycles. The molecule has 1 aromatic heterocycles. The molecule has 7 heteroatoms. The van der Waals surface area contributed by atoms with E-state index in [0.29, 0.717) is 11.0 Å². The summed E-state index contributed by atoms with van der Waals surface area (Å²) in [6.45, 7) is 3.18. The third-order valence-corrected chi connectivity index (χ3v) is 3.36. The molecule has 2 heterocycles. The van der Waals surface area contributed by atoms with Crippen LogP contribution in [0.4, 0.5) is 11.6 Å². The highest BCUT2D eigenvalue weighted by molar-refractivity contribution is 7.98. The summed E-state index contributed by atoms with van der Waals surface area (Å²) in [5.41, 5.74) is 5.76. The van der Waals surface area contributed by atoms with Crippen molar-refractivity contribution in [2.45, 2.75) is 24.5 Å². The van der Waals surface area contributed by atoms with Crippen LogP contribution in [0.2, 0.25) is 0 Å². The van der Waals surface area contributed by atoms with Crippen LogP contribution in [0.25, 0.3) is 0 Å². The zero-order valence-electron chi connectivity index (χ0n) is 10.5. The third kappa shape index (κ3) is 3.04. The van der Waals surface area contributed by atoms with Gasteiger partial charge in [0.1, 0.15) is 11.6 Å². The van der Waals surface area contributed by atoms with Gasteiger partial charge in [-0.2, -0.15) is 0 Å². The van der Waals surface area contributed by atoms with E-state index < -0.39 is 0 Å². The largest absolute Gasteiger partial charge is 0.383 e. The minimum absolute atomic E-state index is 0.00820. The fourth-order valence-electron chi connectivity index (χ4n) is 2.06. The number of aromatic nitrogens is 2. The number of nitrogens with one attached hydrogen (secondary N) is 1. The van der Waals surface area contributed by atoms with Gasteiger partial charge in [0.05, 0.1) is 0 Å².